The van der Waals surface area contributed by atoms with Crippen LogP contribution in [0.2, 0.25) is 0 Å². The first-order valence-corrected chi connectivity index (χ1v) is 12.8. The van der Waals surface area contributed by atoms with Crippen molar-refractivity contribution >= 4 is 52.3 Å². The average Bonchev–Trinajstić information content (AvgIpc) is 3.43. The zero-order chi connectivity index (χ0) is 29.2. The average molecular weight is 549 g/mol. The number of aromatic nitrogens is 2. The number of carbonyl (C=O) groups excluding carboxylic acids is 2. The number of hydrogen-bond donors (Lipinski definition) is 4. The summed E-state index contributed by atoms with van der Waals surface area (Å²) in [7, 11) is 5.55. The number of anilines is 3. The number of aromatic amines is 1. The minimum atomic E-state index is -0.281. The second kappa shape index (κ2) is 13.6. The zero-order valence-corrected chi connectivity index (χ0v) is 23.2. The molecule has 0 aliphatic heterocycles. The number of rotatable bonds is 11. The van der Waals surface area contributed by atoms with Crippen molar-refractivity contribution < 1.29 is 9.59 Å². The third kappa shape index (κ3) is 8.07. The molecule has 0 radical (unpaired) electrons. The maximum absolute atomic E-state index is 12.9. The van der Waals surface area contributed by atoms with Crippen LogP contribution < -0.4 is 16.0 Å². The van der Waals surface area contributed by atoms with Gasteiger partial charge in [-0.3, -0.25) is 14.6 Å². The Kier molecular flexibility index (Phi) is 9.53. The molecule has 4 rings (SSSR count). The van der Waals surface area contributed by atoms with Crippen molar-refractivity contribution in [2.45, 2.75) is 0 Å². The molecule has 0 unspecified atom stereocenters. The molecular weight excluding hydrogens is 516 g/mol. The molecule has 4 N–H and O–H groups in total. The second-order valence-corrected chi connectivity index (χ2v) is 9.33. The van der Waals surface area contributed by atoms with Gasteiger partial charge >= 0.3 is 0 Å². The van der Waals surface area contributed by atoms with Crippen LogP contribution in [0.3, 0.4) is 0 Å². The van der Waals surface area contributed by atoms with Gasteiger partial charge in [0, 0.05) is 71.7 Å². The number of hydrogen-bond acceptors (Lipinski definition) is 7. The van der Waals surface area contributed by atoms with Crippen molar-refractivity contribution in [3.8, 4) is 0 Å². The van der Waals surface area contributed by atoms with Gasteiger partial charge in [-0.1, -0.05) is 12.1 Å². The second-order valence-electron chi connectivity index (χ2n) is 9.33. The Labute approximate surface area is 238 Å². The van der Waals surface area contributed by atoms with Gasteiger partial charge in [-0.15, -0.1) is 0 Å². The van der Waals surface area contributed by atoms with E-state index in [1.54, 1.807) is 61.8 Å². The first kappa shape index (κ1) is 28.7. The quantitative estimate of drug-likeness (QED) is 0.156. The van der Waals surface area contributed by atoms with Gasteiger partial charge in [0.05, 0.1) is 5.71 Å². The number of amides is 2. The summed E-state index contributed by atoms with van der Waals surface area (Å²) in [5.41, 5.74) is 4.68. The van der Waals surface area contributed by atoms with Crippen molar-refractivity contribution in [1.29, 1.82) is 0 Å². The molecule has 0 saturated carbocycles. The van der Waals surface area contributed by atoms with Gasteiger partial charge in [-0.2, -0.15) is 0 Å². The lowest BCUT2D eigenvalue weighted by Gasteiger charge is -2.11. The lowest BCUT2D eigenvalue weighted by Crippen LogP contribution is -2.14. The van der Waals surface area contributed by atoms with Crippen LogP contribution in [0.4, 0.5) is 17.1 Å². The standard InChI is InChI=1S/C31H32N8O2/c1-32-27(23-17-22-14-15-34-30(22)35-20-23)19-28(33-2)36-25-7-5-8-26(18-25)38-31(41)21-10-12-24(13-11-21)37-29(40)9-6-16-39(3)4/h5-15,17-20,36H,2,16H2,1,3-4H3,(H,34,35)(H,37,40)(H,38,41)/b9-6+,28-19+,32-27+. The van der Waals surface area contributed by atoms with E-state index in [9.17, 15) is 9.59 Å². The fourth-order valence-electron chi connectivity index (χ4n) is 3.89. The number of H-pyrrole nitrogens is 1. The van der Waals surface area contributed by atoms with Gasteiger partial charge in [0.25, 0.3) is 5.91 Å². The lowest BCUT2D eigenvalue weighted by atomic mass is 10.1. The maximum atomic E-state index is 12.9. The van der Waals surface area contributed by atoms with Crippen LogP contribution in [0.25, 0.3) is 11.0 Å². The molecule has 2 aromatic heterocycles. The molecule has 2 aromatic carbocycles. The molecule has 2 heterocycles. The van der Waals surface area contributed by atoms with E-state index in [-0.39, 0.29) is 11.8 Å². The molecule has 0 atom stereocenters. The summed E-state index contributed by atoms with van der Waals surface area (Å²) in [6.45, 7) is 4.35. The largest absolute Gasteiger partial charge is 0.346 e. The van der Waals surface area contributed by atoms with Gasteiger partial charge in [0.15, 0.2) is 0 Å². The van der Waals surface area contributed by atoms with E-state index in [4.69, 9.17) is 0 Å². The highest BCUT2D eigenvalue weighted by Crippen LogP contribution is 2.20. The van der Waals surface area contributed by atoms with Crippen LogP contribution in [0.5, 0.6) is 0 Å². The number of fused-ring (bicyclic) bond motifs is 1. The first-order chi connectivity index (χ1) is 19.8. The minimum Gasteiger partial charge on any atom is -0.346 e. The highest BCUT2D eigenvalue weighted by Gasteiger charge is 2.09. The van der Waals surface area contributed by atoms with Crippen molar-refractivity contribution in [3.05, 3.63) is 108 Å². The van der Waals surface area contributed by atoms with Crippen LogP contribution in [0, 0.1) is 0 Å². The van der Waals surface area contributed by atoms with Gasteiger partial charge in [-0.05, 0) is 75.4 Å². The molecule has 0 saturated heterocycles. The van der Waals surface area contributed by atoms with E-state index >= 15 is 0 Å². The van der Waals surface area contributed by atoms with Gasteiger partial charge in [0.1, 0.15) is 11.5 Å². The highest BCUT2D eigenvalue weighted by molar-refractivity contribution is 6.10. The van der Waals surface area contributed by atoms with Crippen molar-refractivity contribution in [1.82, 2.24) is 14.9 Å². The molecule has 0 aliphatic carbocycles. The topological polar surface area (TPSA) is 127 Å². The first-order valence-electron chi connectivity index (χ1n) is 12.8. The van der Waals surface area contributed by atoms with Crippen LogP contribution in [-0.4, -0.2) is 66.8 Å². The predicted octanol–water partition coefficient (Wildman–Crippen LogP) is 4.94. The van der Waals surface area contributed by atoms with E-state index in [1.807, 2.05) is 49.5 Å². The van der Waals surface area contributed by atoms with Crippen LogP contribution in [-0.2, 0) is 4.79 Å². The normalized spacial score (nSPS) is 12.1. The Morgan fingerprint density at radius 3 is 2.44 bits per heavy atom. The van der Waals surface area contributed by atoms with Crippen molar-refractivity contribution in [2.24, 2.45) is 9.98 Å². The number of aliphatic imine (C=N–C) groups is 2. The Bertz CT molecular complexity index is 1630. The Morgan fingerprint density at radius 2 is 1.73 bits per heavy atom. The van der Waals surface area contributed by atoms with E-state index in [2.05, 4.69) is 42.6 Å². The molecule has 0 bridgehead atoms. The molecule has 0 aliphatic rings. The van der Waals surface area contributed by atoms with Gasteiger partial charge in [-0.25, -0.2) is 9.98 Å². The van der Waals surface area contributed by atoms with E-state index in [0.717, 1.165) is 16.6 Å². The van der Waals surface area contributed by atoms with Gasteiger partial charge < -0.3 is 25.8 Å². The Morgan fingerprint density at radius 1 is 0.976 bits per heavy atom. The fraction of sp³-hybridized carbons (Fsp3) is 0.129. The van der Waals surface area contributed by atoms with Gasteiger partial charge in [0.2, 0.25) is 5.91 Å². The minimum absolute atomic E-state index is 0.230. The number of pyridine rings is 1. The summed E-state index contributed by atoms with van der Waals surface area (Å²) >= 11 is 0. The summed E-state index contributed by atoms with van der Waals surface area (Å²) in [4.78, 5) is 42.9. The number of benzene rings is 2. The maximum Gasteiger partial charge on any atom is 0.255 e. The van der Waals surface area contributed by atoms with Crippen molar-refractivity contribution in [3.63, 3.8) is 0 Å². The number of likely N-dealkylation sites (N-methyl/N-ethyl adjacent to an activating group) is 1. The Hall–Kier alpha value is -5.35. The summed E-state index contributed by atoms with van der Waals surface area (Å²) in [6, 6.07) is 17.9. The summed E-state index contributed by atoms with van der Waals surface area (Å²) in [5, 5.41) is 9.88. The highest BCUT2D eigenvalue weighted by atomic mass is 16.2. The number of allylic oxidation sites excluding steroid dienone is 1. The molecule has 10 nitrogen and oxygen atoms in total. The molecule has 41 heavy (non-hydrogen) atoms. The van der Waals surface area contributed by atoms with Crippen LogP contribution in [0.15, 0.2) is 107 Å². The number of nitrogens with zero attached hydrogens (tertiary/aromatic N) is 4. The fourth-order valence-corrected chi connectivity index (χ4v) is 3.89. The van der Waals surface area contributed by atoms with E-state index in [1.165, 1.54) is 6.08 Å². The summed E-state index contributed by atoms with van der Waals surface area (Å²) in [5.74, 6) is -0.0273. The molecule has 2 amide bonds. The van der Waals surface area contributed by atoms with Crippen LogP contribution in [0.1, 0.15) is 15.9 Å². The molecule has 0 spiro atoms. The summed E-state index contributed by atoms with van der Waals surface area (Å²) in [6.07, 6.45) is 8.64. The monoisotopic (exact) mass is 548 g/mol. The molecule has 4 aromatic rings. The van der Waals surface area contributed by atoms with Crippen molar-refractivity contribution in [2.75, 3.05) is 43.6 Å². The third-order valence-corrected chi connectivity index (χ3v) is 5.93. The SMILES string of the molecule is C=N/C(=C\C(=N/C)c1cnc2[nH]ccc2c1)Nc1cccc(NC(=O)c2ccc(NC(=O)/C=C/CN(C)C)cc2)c1. The Balaban J connectivity index is 1.39. The van der Waals surface area contributed by atoms with E-state index in [0.29, 0.717) is 40.7 Å². The molecule has 0 fully saturated rings. The predicted molar refractivity (Wildman–Crippen MR) is 167 cm³/mol. The number of carbonyl (C=O) groups is 2. The third-order valence-electron chi connectivity index (χ3n) is 5.93. The van der Waals surface area contributed by atoms with E-state index < -0.39 is 0 Å². The summed E-state index contributed by atoms with van der Waals surface area (Å²) < 4.78 is 0. The number of nitrogens with one attached hydrogen (secondary N) is 4. The smallest absolute Gasteiger partial charge is 0.255 e. The molecule has 10 heteroatoms. The molecular formula is C31H32N8O2. The lowest BCUT2D eigenvalue weighted by molar-refractivity contribution is -0.111. The zero-order valence-electron chi connectivity index (χ0n) is 23.2. The molecule has 208 valence electrons. The van der Waals surface area contributed by atoms with Crippen LogP contribution >= 0.6 is 0 Å².